The Labute approximate surface area is 90.3 Å². The smallest absolute Gasteiger partial charge is 0.128 e. The molecule has 2 aliphatic rings. The van der Waals surface area contributed by atoms with Gasteiger partial charge in [0.1, 0.15) is 5.82 Å². The van der Waals surface area contributed by atoms with E-state index in [-0.39, 0.29) is 0 Å². The molecule has 3 rings (SSSR count). The van der Waals surface area contributed by atoms with Crippen molar-refractivity contribution in [1.82, 2.24) is 4.98 Å². The fourth-order valence-electron chi connectivity index (χ4n) is 2.27. The molecular weight excluding hydrogens is 186 g/mol. The van der Waals surface area contributed by atoms with Crippen molar-refractivity contribution >= 4 is 5.82 Å². The van der Waals surface area contributed by atoms with Gasteiger partial charge in [-0.3, -0.25) is 0 Å². The van der Waals surface area contributed by atoms with Gasteiger partial charge in [-0.25, -0.2) is 4.98 Å². The minimum Gasteiger partial charge on any atom is -0.355 e. The molecule has 1 aliphatic heterocycles. The Bertz CT molecular complexity index is 360. The minimum absolute atomic E-state index is 0.330. The first-order valence-electron chi connectivity index (χ1n) is 5.79. The van der Waals surface area contributed by atoms with Crippen molar-refractivity contribution < 1.29 is 0 Å². The highest BCUT2D eigenvalue weighted by Crippen LogP contribution is 2.40. The van der Waals surface area contributed by atoms with Crippen LogP contribution < -0.4 is 10.6 Å². The van der Waals surface area contributed by atoms with Crippen LogP contribution in [0.4, 0.5) is 5.82 Å². The summed E-state index contributed by atoms with van der Waals surface area (Å²) in [7, 11) is 0. The number of rotatable bonds is 2. The fraction of sp³-hybridized carbons (Fsp3) is 0.583. The average molecular weight is 203 g/mol. The number of hydrogen-bond donors (Lipinski definition) is 1. The van der Waals surface area contributed by atoms with Crippen LogP contribution in [-0.2, 0) is 0 Å². The van der Waals surface area contributed by atoms with E-state index in [1.165, 1.54) is 18.4 Å². The van der Waals surface area contributed by atoms with Crippen LogP contribution in [0, 0.1) is 0 Å². The van der Waals surface area contributed by atoms with Crippen molar-refractivity contribution in [2.75, 3.05) is 18.0 Å². The maximum absolute atomic E-state index is 5.90. The molecule has 80 valence electrons. The third-order valence-electron chi connectivity index (χ3n) is 3.37. The molecule has 1 atom stereocenters. The van der Waals surface area contributed by atoms with Gasteiger partial charge in [0.25, 0.3) is 0 Å². The highest BCUT2D eigenvalue weighted by Gasteiger charge is 2.25. The minimum atomic E-state index is 0.330. The van der Waals surface area contributed by atoms with Gasteiger partial charge in [-0.1, -0.05) is 0 Å². The van der Waals surface area contributed by atoms with Gasteiger partial charge in [0.15, 0.2) is 0 Å². The number of nitrogens with two attached hydrogens (primary N) is 1. The third kappa shape index (κ3) is 1.84. The molecule has 2 N–H and O–H groups in total. The largest absolute Gasteiger partial charge is 0.355 e. The van der Waals surface area contributed by atoms with Gasteiger partial charge in [-0.05, 0) is 42.9 Å². The highest BCUT2D eigenvalue weighted by atomic mass is 15.2. The van der Waals surface area contributed by atoms with E-state index < -0.39 is 0 Å². The van der Waals surface area contributed by atoms with Gasteiger partial charge in [-0.2, -0.15) is 0 Å². The zero-order valence-electron chi connectivity index (χ0n) is 8.89. The number of hydrogen-bond acceptors (Lipinski definition) is 3. The SMILES string of the molecule is NC1CCN(c2cc(C3CC3)ccn2)C1. The summed E-state index contributed by atoms with van der Waals surface area (Å²) in [5, 5.41) is 0. The van der Waals surface area contributed by atoms with Crippen LogP contribution in [-0.4, -0.2) is 24.1 Å². The van der Waals surface area contributed by atoms with Crippen molar-refractivity contribution in [3.63, 3.8) is 0 Å². The van der Waals surface area contributed by atoms with Crippen LogP contribution in [0.5, 0.6) is 0 Å². The van der Waals surface area contributed by atoms with Crippen molar-refractivity contribution in [3.05, 3.63) is 23.9 Å². The molecule has 0 bridgehead atoms. The monoisotopic (exact) mass is 203 g/mol. The highest BCUT2D eigenvalue weighted by molar-refractivity contribution is 5.44. The summed E-state index contributed by atoms with van der Waals surface area (Å²) in [6.45, 7) is 2.02. The van der Waals surface area contributed by atoms with E-state index in [9.17, 15) is 0 Å². The maximum atomic E-state index is 5.90. The summed E-state index contributed by atoms with van der Waals surface area (Å²) in [6.07, 6.45) is 5.73. The molecule has 1 aliphatic carbocycles. The molecule has 1 unspecified atom stereocenters. The lowest BCUT2D eigenvalue weighted by atomic mass is 10.2. The Hall–Kier alpha value is -1.09. The topological polar surface area (TPSA) is 42.1 Å². The summed E-state index contributed by atoms with van der Waals surface area (Å²) in [6, 6.07) is 4.73. The summed E-state index contributed by atoms with van der Waals surface area (Å²) in [5.74, 6) is 1.93. The second kappa shape index (κ2) is 3.49. The summed E-state index contributed by atoms with van der Waals surface area (Å²) >= 11 is 0. The van der Waals surface area contributed by atoms with E-state index in [4.69, 9.17) is 5.73 Å². The van der Waals surface area contributed by atoms with Gasteiger partial charge < -0.3 is 10.6 Å². The molecule has 1 aromatic rings. The second-order valence-corrected chi connectivity index (χ2v) is 4.72. The first-order chi connectivity index (χ1) is 7.33. The Balaban J connectivity index is 1.81. The van der Waals surface area contributed by atoms with Crippen molar-refractivity contribution in [1.29, 1.82) is 0 Å². The lowest BCUT2D eigenvalue weighted by Gasteiger charge is -2.17. The van der Waals surface area contributed by atoms with E-state index in [2.05, 4.69) is 22.0 Å². The van der Waals surface area contributed by atoms with Gasteiger partial charge in [0, 0.05) is 25.3 Å². The first kappa shape index (κ1) is 9.16. The fourth-order valence-corrected chi connectivity index (χ4v) is 2.27. The van der Waals surface area contributed by atoms with Crippen LogP contribution in [0.15, 0.2) is 18.3 Å². The molecule has 2 heterocycles. The molecule has 0 spiro atoms. The number of anilines is 1. The molecule has 1 saturated carbocycles. The lowest BCUT2D eigenvalue weighted by molar-refractivity contribution is 0.751. The van der Waals surface area contributed by atoms with Crippen molar-refractivity contribution in [3.8, 4) is 0 Å². The van der Waals surface area contributed by atoms with Crippen LogP contribution in [0.25, 0.3) is 0 Å². The molecule has 2 fully saturated rings. The second-order valence-electron chi connectivity index (χ2n) is 4.72. The standard InChI is InChI=1S/C12H17N3/c13-11-4-6-15(8-11)12-7-10(3-5-14-12)9-1-2-9/h3,5,7,9,11H,1-2,4,6,8,13H2. The van der Waals surface area contributed by atoms with Crippen molar-refractivity contribution in [2.24, 2.45) is 5.73 Å². The summed E-state index contributed by atoms with van der Waals surface area (Å²) < 4.78 is 0. The summed E-state index contributed by atoms with van der Waals surface area (Å²) in [5.41, 5.74) is 7.36. The van der Waals surface area contributed by atoms with Crippen LogP contribution in [0.1, 0.15) is 30.7 Å². The van der Waals surface area contributed by atoms with E-state index in [0.29, 0.717) is 6.04 Å². The number of pyridine rings is 1. The molecule has 0 aromatic carbocycles. The molecular formula is C12H17N3. The van der Waals surface area contributed by atoms with Crippen molar-refractivity contribution in [2.45, 2.75) is 31.2 Å². The maximum Gasteiger partial charge on any atom is 0.128 e. The van der Waals surface area contributed by atoms with Crippen LogP contribution in [0.2, 0.25) is 0 Å². The Morgan fingerprint density at radius 2 is 2.20 bits per heavy atom. The Kier molecular flexibility index (Phi) is 2.13. The molecule has 15 heavy (non-hydrogen) atoms. The number of nitrogens with zero attached hydrogens (tertiary/aromatic N) is 2. The van der Waals surface area contributed by atoms with E-state index in [1.54, 1.807) is 0 Å². The van der Waals surface area contributed by atoms with Gasteiger partial charge in [-0.15, -0.1) is 0 Å². The molecule has 0 radical (unpaired) electrons. The van der Waals surface area contributed by atoms with E-state index in [0.717, 1.165) is 31.2 Å². The lowest BCUT2D eigenvalue weighted by Crippen LogP contribution is -2.26. The third-order valence-corrected chi connectivity index (χ3v) is 3.37. The first-order valence-corrected chi connectivity index (χ1v) is 5.79. The average Bonchev–Trinajstić information content (AvgIpc) is 3.02. The quantitative estimate of drug-likeness (QED) is 0.792. The van der Waals surface area contributed by atoms with Gasteiger partial charge in [0.2, 0.25) is 0 Å². The normalized spacial score (nSPS) is 25.9. The van der Waals surface area contributed by atoms with E-state index in [1.807, 2.05) is 6.20 Å². The number of aromatic nitrogens is 1. The molecule has 1 saturated heterocycles. The van der Waals surface area contributed by atoms with Gasteiger partial charge >= 0.3 is 0 Å². The zero-order chi connectivity index (χ0) is 10.3. The van der Waals surface area contributed by atoms with Gasteiger partial charge in [0.05, 0.1) is 0 Å². The molecule has 3 heteroatoms. The van der Waals surface area contributed by atoms with Crippen LogP contribution in [0.3, 0.4) is 0 Å². The zero-order valence-corrected chi connectivity index (χ0v) is 8.89. The van der Waals surface area contributed by atoms with E-state index >= 15 is 0 Å². The summed E-state index contributed by atoms with van der Waals surface area (Å²) in [4.78, 5) is 6.74. The predicted molar refractivity (Wildman–Crippen MR) is 61.0 cm³/mol. The molecule has 1 aromatic heterocycles. The molecule has 3 nitrogen and oxygen atoms in total. The molecule has 0 amide bonds. The predicted octanol–water partition coefficient (Wildman–Crippen LogP) is 1.50. The Morgan fingerprint density at radius 3 is 2.87 bits per heavy atom. The van der Waals surface area contributed by atoms with Crippen LogP contribution >= 0.6 is 0 Å². The Morgan fingerprint density at radius 1 is 1.33 bits per heavy atom.